The van der Waals surface area contributed by atoms with E-state index in [9.17, 15) is 14.7 Å². The number of carbonyl (C=O) groups excluding carboxylic acids is 1. The monoisotopic (exact) mass is 510 g/mol. The van der Waals surface area contributed by atoms with Crippen LogP contribution in [0, 0.1) is 45.3 Å². The van der Waals surface area contributed by atoms with E-state index in [4.69, 9.17) is 4.74 Å². The van der Waals surface area contributed by atoms with Crippen LogP contribution in [0.1, 0.15) is 107 Å². The van der Waals surface area contributed by atoms with Crippen LogP contribution in [0.3, 0.4) is 0 Å². The van der Waals surface area contributed by atoms with Crippen molar-refractivity contribution in [2.24, 2.45) is 45.3 Å². The first-order chi connectivity index (χ1) is 17.1. The van der Waals surface area contributed by atoms with Crippen molar-refractivity contribution in [3.63, 3.8) is 0 Å². The van der Waals surface area contributed by atoms with Gasteiger partial charge in [-0.1, -0.05) is 72.8 Å². The third-order valence-corrected chi connectivity index (χ3v) is 11.9. The van der Waals surface area contributed by atoms with Gasteiger partial charge < -0.3 is 9.84 Å². The predicted molar refractivity (Wildman–Crippen MR) is 149 cm³/mol. The molecule has 4 aliphatic carbocycles. The molecule has 7 atom stereocenters. The Labute approximate surface area is 225 Å². The van der Waals surface area contributed by atoms with Crippen molar-refractivity contribution in [2.45, 2.75) is 113 Å². The van der Waals surface area contributed by atoms with E-state index in [1.54, 1.807) is 0 Å². The van der Waals surface area contributed by atoms with Gasteiger partial charge in [-0.25, -0.2) is 0 Å². The highest BCUT2D eigenvalue weighted by Crippen LogP contribution is 2.72. The normalized spacial score (nSPS) is 39.0. The zero-order chi connectivity index (χ0) is 27.6. The summed E-state index contributed by atoms with van der Waals surface area (Å²) in [5.74, 6) is -0.196. The van der Waals surface area contributed by atoms with Crippen molar-refractivity contribution in [3.8, 4) is 0 Å². The molecule has 4 aliphatic rings. The first-order valence-corrected chi connectivity index (χ1v) is 14.6. The fourth-order valence-corrected chi connectivity index (χ4v) is 9.20. The van der Waals surface area contributed by atoms with Crippen LogP contribution in [0.15, 0.2) is 35.5 Å². The summed E-state index contributed by atoms with van der Waals surface area (Å²) in [6, 6.07) is 0. The number of allylic oxidation sites excluding steroid dienone is 5. The van der Waals surface area contributed by atoms with E-state index in [1.807, 2.05) is 0 Å². The second-order valence-corrected chi connectivity index (χ2v) is 14.3. The lowest BCUT2D eigenvalue weighted by Crippen LogP contribution is -2.55. The molecule has 206 valence electrons. The maximum absolute atomic E-state index is 12.6. The highest BCUT2D eigenvalue weighted by atomic mass is 16.5. The molecule has 2 saturated carbocycles. The van der Waals surface area contributed by atoms with Gasteiger partial charge in [0, 0.05) is 12.3 Å². The lowest BCUT2D eigenvalue weighted by atomic mass is 9.44. The summed E-state index contributed by atoms with van der Waals surface area (Å²) >= 11 is 0. The van der Waals surface area contributed by atoms with E-state index in [-0.39, 0.29) is 45.6 Å². The summed E-state index contributed by atoms with van der Waals surface area (Å²) in [6.45, 7) is 21.8. The molecule has 0 saturated heterocycles. The van der Waals surface area contributed by atoms with E-state index in [1.165, 1.54) is 18.1 Å². The quantitative estimate of drug-likeness (QED) is 0.277. The Morgan fingerprint density at radius 3 is 2.35 bits per heavy atom. The van der Waals surface area contributed by atoms with Gasteiger partial charge in [-0.05, 0) is 96.5 Å². The Morgan fingerprint density at radius 1 is 1.08 bits per heavy atom. The summed E-state index contributed by atoms with van der Waals surface area (Å²) < 4.78 is 5.82. The highest BCUT2D eigenvalue weighted by Gasteiger charge is 2.64. The molecule has 0 aromatic rings. The Morgan fingerprint density at radius 2 is 1.76 bits per heavy atom. The lowest BCUT2D eigenvalue weighted by Gasteiger charge is -2.61. The number of hydrogen-bond donors (Lipinski definition) is 1. The average molecular weight is 511 g/mol. The molecule has 2 fully saturated rings. The smallest absolute Gasteiger partial charge is 0.306 e. The molecule has 4 rings (SSSR count). The fraction of sp³-hybridized carbons (Fsp3) is 0.758. The van der Waals surface area contributed by atoms with E-state index in [0.717, 1.165) is 50.5 Å². The molecule has 0 aromatic carbocycles. The standard InChI is InChI=1S/C33H50O4/c1-20(2)21(3)10-11-23(29(35)36)24-14-18-33(9)26-12-13-27-30(5,6)28(37-22(4)34)16-17-31(27,7)25(26)15-19-32(24,33)8/h12,15,20,23-24,27-28H,3,10-11,13-14,16-19H2,1-2,4-9H3,(H,35,36)/t23-,24-,27-,28+,31+,32-,33+/m0/s1. The van der Waals surface area contributed by atoms with Crippen molar-refractivity contribution < 1.29 is 19.4 Å². The maximum atomic E-state index is 12.6. The second-order valence-electron chi connectivity index (χ2n) is 14.3. The van der Waals surface area contributed by atoms with E-state index in [2.05, 4.69) is 67.2 Å². The number of fused-ring (bicyclic) bond motifs is 5. The van der Waals surface area contributed by atoms with Gasteiger partial charge in [-0.2, -0.15) is 0 Å². The van der Waals surface area contributed by atoms with Gasteiger partial charge in [0.2, 0.25) is 0 Å². The third kappa shape index (κ3) is 4.25. The van der Waals surface area contributed by atoms with Gasteiger partial charge in [0.15, 0.2) is 0 Å². The van der Waals surface area contributed by atoms with Gasteiger partial charge in [-0.15, -0.1) is 0 Å². The molecule has 4 heteroatoms. The summed E-state index contributed by atoms with van der Waals surface area (Å²) in [7, 11) is 0. The number of esters is 1. The van der Waals surface area contributed by atoms with Crippen LogP contribution in [0.5, 0.6) is 0 Å². The maximum Gasteiger partial charge on any atom is 0.306 e. The summed E-state index contributed by atoms with van der Waals surface area (Å²) in [4.78, 5) is 24.4. The van der Waals surface area contributed by atoms with Crippen molar-refractivity contribution in [2.75, 3.05) is 0 Å². The minimum absolute atomic E-state index is 0.0185. The molecule has 0 unspecified atom stereocenters. The minimum atomic E-state index is -0.642. The molecule has 0 heterocycles. The molecule has 0 bridgehead atoms. The number of carboxylic acids is 1. The number of ether oxygens (including phenoxy) is 1. The van der Waals surface area contributed by atoms with Crippen LogP contribution in [-0.4, -0.2) is 23.1 Å². The van der Waals surface area contributed by atoms with Crippen LogP contribution in [-0.2, 0) is 14.3 Å². The highest BCUT2D eigenvalue weighted by molar-refractivity contribution is 5.71. The number of carboxylic acid groups (broad SMARTS) is 1. The van der Waals surface area contributed by atoms with Crippen LogP contribution < -0.4 is 0 Å². The van der Waals surface area contributed by atoms with Gasteiger partial charge in [-0.3, -0.25) is 9.59 Å². The predicted octanol–water partition coefficient (Wildman–Crippen LogP) is 8.14. The van der Waals surface area contributed by atoms with Crippen LogP contribution in [0.25, 0.3) is 0 Å². The Hall–Kier alpha value is -1.84. The van der Waals surface area contributed by atoms with Crippen molar-refractivity contribution in [1.29, 1.82) is 0 Å². The molecule has 0 amide bonds. The van der Waals surface area contributed by atoms with Gasteiger partial charge in [0.25, 0.3) is 0 Å². The number of hydrogen-bond acceptors (Lipinski definition) is 3. The number of rotatable bonds is 7. The average Bonchev–Trinajstić information content (AvgIpc) is 3.07. The van der Waals surface area contributed by atoms with Gasteiger partial charge in [0.1, 0.15) is 6.10 Å². The van der Waals surface area contributed by atoms with E-state index in [0.29, 0.717) is 18.3 Å². The van der Waals surface area contributed by atoms with Crippen molar-refractivity contribution >= 4 is 11.9 Å². The molecule has 1 N–H and O–H groups in total. The molecule has 0 aliphatic heterocycles. The molecule has 4 nitrogen and oxygen atoms in total. The first-order valence-electron chi connectivity index (χ1n) is 14.6. The Bertz CT molecular complexity index is 1030. The molecular weight excluding hydrogens is 460 g/mol. The SMILES string of the molecule is C=C(CC[C@H](C(=O)O)[C@@H]1CC[C@]2(C)C3=CC[C@H]4C(C)(C)[C@H](OC(C)=O)CC[C@]4(C)C3=CC[C@@]12C)C(C)C. The third-order valence-electron chi connectivity index (χ3n) is 11.9. The topological polar surface area (TPSA) is 63.6 Å². The fourth-order valence-electron chi connectivity index (χ4n) is 9.20. The van der Waals surface area contributed by atoms with Gasteiger partial charge in [0.05, 0.1) is 5.92 Å². The Kier molecular flexibility index (Phi) is 7.17. The minimum Gasteiger partial charge on any atom is -0.481 e. The van der Waals surface area contributed by atoms with E-state index >= 15 is 0 Å². The molecule has 37 heavy (non-hydrogen) atoms. The van der Waals surface area contributed by atoms with Crippen LogP contribution in [0.2, 0.25) is 0 Å². The lowest BCUT2D eigenvalue weighted by molar-refractivity contribution is -0.165. The van der Waals surface area contributed by atoms with Crippen LogP contribution >= 0.6 is 0 Å². The Balaban J connectivity index is 1.66. The molecule has 0 radical (unpaired) electrons. The second kappa shape index (κ2) is 9.42. The molecule has 0 aromatic heterocycles. The van der Waals surface area contributed by atoms with Crippen LogP contribution in [0.4, 0.5) is 0 Å². The van der Waals surface area contributed by atoms with Crippen molar-refractivity contribution in [1.82, 2.24) is 0 Å². The largest absolute Gasteiger partial charge is 0.481 e. The van der Waals surface area contributed by atoms with E-state index < -0.39 is 5.97 Å². The zero-order valence-corrected chi connectivity index (χ0v) is 24.6. The zero-order valence-electron chi connectivity index (χ0n) is 24.6. The number of aliphatic carboxylic acids is 1. The summed E-state index contributed by atoms with van der Waals surface area (Å²) in [5, 5.41) is 10.4. The number of carbonyl (C=O) groups is 2. The first kappa shape index (κ1) is 28.2. The summed E-state index contributed by atoms with van der Waals surface area (Å²) in [6.07, 6.45) is 12.3. The van der Waals surface area contributed by atoms with Crippen molar-refractivity contribution in [3.05, 3.63) is 35.5 Å². The summed E-state index contributed by atoms with van der Waals surface area (Å²) in [5.41, 5.74) is 4.00. The molecular formula is C33H50O4. The molecule has 0 spiro atoms. The van der Waals surface area contributed by atoms with Gasteiger partial charge >= 0.3 is 11.9 Å².